The molecule has 0 fully saturated rings. The van der Waals surface area contributed by atoms with Gasteiger partial charge in [0.2, 0.25) is 5.72 Å². The van der Waals surface area contributed by atoms with Gasteiger partial charge in [0.25, 0.3) is 0 Å². The topological polar surface area (TPSA) is 125 Å². The van der Waals surface area contributed by atoms with Gasteiger partial charge in [0.15, 0.2) is 15.1 Å². The Bertz CT molecular complexity index is 1370. The van der Waals surface area contributed by atoms with Crippen LogP contribution in [0.3, 0.4) is 0 Å². The highest BCUT2D eigenvalue weighted by atomic mass is 32.2. The molecule has 3 rings (SSSR count). The number of nitrogens with two attached hydrogens (primary N) is 1. The zero-order chi connectivity index (χ0) is 27.6. The number of aliphatic carboxylic acids is 1. The van der Waals surface area contributed by atoms with Crippen molar-refractivity contribution in [3.8, 4) is 28.7 Å². The van der Waals surface area contributed by atoms with Crippen LogP contribution in [0.5, 0.6) is 5.75 Å². The van der Waals surface area contributed by atoms with Crippen molar-refractivity contribution in [2.24, 2.45) is 5.73 Å². The molecule has 0 aromatic heterocycles. The second kappa shape index (κ2) is 13.5. The summed E-state index contributed by atoms with van der Waals surface area (Å²) in [6.45, 7) is -0.213. The molecule has 0 aliphatic rings. The van der Waals surface area contributed by atoms with Crippen LogP contribution in [-0.2, 0) is 24.1 Å². The Labute approximate surface area is 227 Å². The molecule has 0 heterocycles. The predicted molar refractivity (Wildman–Crippen MR) is 147 cm³/mol. The maximum Gasteiger partial charge on any atom is 0.353 e. The standard InChI is InChI=1S/C28H29NO7S2/c1-34-18-19-36-28(29,27(30)31)26(9-6-20-37-24-7-4-3-5-8-24)38(32,33)25-16-12-22(13-17-25)21-10-14-23(35-2)15-11-21/h3-5,7-8,10-17,26H,18-20,29H2,1-2H3,(H,30,31)/t26-,28-/m0/s1. The Morgan fingerprint density at radius 1 is 0.974 bits per heavy atom. The largest absolute Gasteiger partial charge is 0.497 e. The molecule has 200 valence electrons. The Morgan fingerprint density at radius 2 is 1.58 bits per heavy atom. The molecule has 0 aliphatic heterocycles. The van der Waals surface area contributed by atoms with E-state index < -0.39 is 26.8 Å². The highest BCUT2D eigenvalue weighted by Crippen LogP contribution is 2.28. The predicted octanol–water partition coefficient (Wildman–Crippen LogP) is 3.70. The lowest BCUT2D eigenvalue weighted by atomic mass is 10.1. The van der Waals surface area contributed by atoms with Gasteiger partial charge in [0.1, 0.15) is 5.75 Å². The van der Waals surface area contributed by atoms with E-state index in [-0.39, 0.29) is 23.9 Å². The fraction of sp³-hybridized carbons (Fsp3) is 0.250. The Kier molecular flexibility index (Phi) is 10.4. The van der Waals surface area contributed by atoms with Crippen LogP contribution in [0, 0.1) is 11.8 Å². The number of carboxylic acids is 1. The van der Waals surface area contributed by atoms with Crippen LogP contribution in [0.15, 0.2) is 88.7 Å². The average Bonchev–Trinajstić information content (AvgIpc) is 2.93. The van der Waals surface area contributed by atoms with Gasteiger partial charge in [-0.25, -0.2) is 13.2 Å². The molecule has 2 atom stereocenters. The van der Waals surface area contributed by atoms with E-state index in [0.29, 0.717) is 5.75 Å². The van der Waals surface area contributed by atoms with Gasteiger partial charge < -0.3 is 19.3 Å². The lowest BCUT2D eigenvalue weighted by Gasteiger charge is -2.30. The first-order valence-corrected chi connectivity index (χ1v) is 14.1. The Balaban J connectivity index is 1.95. The summed E-state index contributed by atoms with van der Waals surface area (Å²) in [5.74, 6) is 4.64. The number of thioether (sulfide) groups is 1. The van der Waals surface area contributed by atoms with Crippen molar-refractivity contribution in [1.82, 2.24) is 0 Å². The normalized spacial score (nSPS) is 13.6. The van der Waals surface area contributed by atoms with Gasteiger partial charge in [-0.3, -0.25) is 5.73 Å². The summed E-state index contributed by atoms with van der Waals surface area (Å²) in [6.07, 6.45) is 0. The summed E-state index contributed by atoms with van der Waals surface area (Å²) in [4.78, 5) is 13.0. The van der Waals surface area contributed by atoms with Gasteiger partial charge in [-0.1, -0.05) is 54.3 Å². The minimum absolute atomic E-state index is 0.0207. The van der Waals surface area contributed by atoms with Crippen LogP contribution in [-0.4, -0.2) is 63.7 Å². The first-order valence-electron chi connectivity index (χ1n) is 11.5. The molecule has 0 amide bonds. The van der Waals surface area contributed by atoms with E-state index in [1.165, 1.54) is 31.0 Å². The van der Waals surface area contributed by atoms with Crippen LogP contribution < -0.4 is 10.5 Å². The van der Waals surface area contributed by atoms with Gasteiger partial charge in [0, 0.05) is 12.0 Å². The summed E-state index contributed by atoms with van der Waals surface area (Å²) < 4.78 is 42.9. The number of ether oxygens (including phenoxy) is 3. The SMILES string of the molecule is COCCO[C@](N)(C(=O)O)[C@H](C#CCSc1ccccc1)S(=O)(=O)c1ccc(-c2ccc(OC)cc2)cc1. The molecule has 0 saturated heterocycles. The van der Waals surface area contributed by atoms with Crippen LogP contribution in [0.1, 0.15) is 0 Å². The number of sulfone groups is 1. The summed E-state index contributed by atoms with van der Waals surface area (Å²) >= 11 is 1.39. The molecule has 3 N–H and O–H groups in total. The minimum Gasteiger partial charge on any atom is -0.497 e. The Hall–Kier alpha value is -3.33. The highest BCUT2D eigenvalue weighted by Gasteiger charge is 2.51. The van der Waals surface area contributed by atoms with E-state index in [9.17, 15) is 18.3 Å². The first kappa shape index (κ1) is 29.2. The lowest BCUT2D eigenvalue weighted by molar-refractivity contribution is -0.165. The highest BCUT2D eigenvalue weighted by molar-refractivity contribution is 7.99. The zero-order valence-electron chi connectivity index (χ0n) is 21.0. The molecule has 0 unspecified atom stereocenters. The van der Waals surface area contributed by atoms with Gasteiger partial charge in [-0.2, -0.15) is 0 Å². The number of hydrogen-bond donors (Lipinski definition) is 2. The molecule has 3 aromatic carbocycles. The summed E-state index contributed by atoms with van der Waals surface area (Å²) in [5, 5.41) is 8.06. The molecule has 10 heteroatoms. The van der Waals surface area contributed by atoms with Gasteiger partial charge in [-0.05, 0) is 47.5 Å². The molecule has 0 spiro atoms. The van der Waals surface area contributed by atoms with E-state index in [1.54, 1.807) is 31.4 Å². The van der Waals surface area contributed by atoms with Crippen LogP contribution in [0.4, 0.5) is 0 Å². The monoisotopic (exact) mass is 555 g/mol. The molecular weight excluding hydrogens is 526 g/mol. The molecule has 0 bridgehead atoms. The van der Waals surface area contributed by atoms with Crippen molar-refractivity contribution < 1.29 is 32.5 Å². The van der Waals surface area contributed by atoms with Crippen molar-refractivity contribution in [2.45, 2.75) is 20.8 Å². The third-order valence-electron chi connectivity index (χ3n) is 5.56. The number of carbonyl (C=O) groups is 1. The van der Waals surface area contributed by atoms with E-state index in [2.05, 4.69) is 11.8 Å². The smallest absolute Gasteiger partial charge is 0.353 e. The Morgan fingerprint density at radius 3 is 2.13 bits per heavy atom. The van der Waals surface area contributed by atoms with Gasteiger partial charge in [0.05, 0.1) is 31.0 Å². The number of rotatable bonds is 12. The van der Waals surface area contributed by atoms with Crippen LogP contribution >= 0.6 is 11.8 Å². The number of carboxylic acid groups (broad SMARTS) is 1. The van der Waals surface area contributed by atoms with Crippen molar-refractivity contribution in [3.05, 3.63) is 78.9 Å². The maximum absolute atomic E-state index is 13.7. The van der Waals surface area contributed by atoms with E-state index in [0.717, 1.165) is 16.0 Å². The molecule has 0 radical (unpaired) electrons. The van der Waals surface area contributed by atoms with Crippen molar-refractivity contribution in [1.29, 1.82) is 0 Å². The fourth-order valence-corrected chi connectivity index (χ4v) is 5.81. The summed E-state index contributed by atoms with van der Waals surface area (Å²) in [7, 11) is -1.39. The van der Waals surface area contributed by atoms with Crippen molar-refractivity contribution in [2.75, 3.05) is 33.2 Å². The number of benzene rings is 3. The molecule has 8 nitrogen and oxygen atoms in total. The van der Waals surface area contributed by atoms with E-state index >= 15 is 0 Å². The maximum atomic E-state index is 13.7. The molecule has 0 saturated carbocycles. The van der Waals surface area contributed by atoms with Crippen LogP contribution in [0.2, 0.25) is 0 Å². The summed E-state index contributed by atoms with van der Waals surface area (Å²) in [6, 6.07) is 22.8. The van der Waals surface area contributed by atoms with Crippen molar-refractivity contribution in [3.63, 3.8) is 0 Å². The lowest BCUT2D eigenvalue weighted by Crippen LogP contribution is -2.61. The quantitative estimate of drug-likeness (QED) is 0.149. The second-order valence-electron chi connectivity index (χ2n) is 8.04. The number of hydrogen-bond acceptors (Lipinski definition) is 8. The second-order valence-corrected chi connectivity index (χ2v) is 11.1. The molecule has 0 aliphatic carbocycles. The average molecular weight is 556 g/mol. The number of methoxy groups -OCH3 is 2. The van der Waals surface area contributed by atoms with Crippen LogP contribution in [0.25, 0.3) is 11.1 Å². The van der Waals surface area contributed by atoms with Crippen molar-refractivity contribution >= 4 is 27.6 Å². The van der Waals surface area contributed by atoms with Gasteiger partial charge >= 0.3 is 5.97 Å². The van der Waals surface area contributed by atoms with E-state index in [4.69, 9.17) is 19.9 Å². The third kappa shape index (κ3) is 7.16. The summed E-state index contributed by atoms with van der Waals surface area (Å²) in [5.41, 5.74) is 5.10. The zero-order valence-corrected chi connectivity index (χ0v) is 22.6. The third-order valence-corrected chi connectivity index (χ3v) is 8.47. The molecule has 3 aromatic rings. The molecular formula is C28H29NO7S2. The fourth-order valence-electron chi connectivity index (χ4n) is 3.49. The van der Waals surface area contributed by atoms with Gasteiger partial charge in [-0.15, -0.1) is 11.8 Å². The minimum atomic E-state index is -4.37. The molecule has 38 heavy (non-hydrogen) atoms. The first-order chi connectivity index (χ1) is 18.2. The van der Waals surface area contributed by atoms with E-state index in [1.807, 2.05) is 42.5 Å².